The molecule has 3 fully saturated rings. The lowest BCUT2D eigenvalue weighted by Gasteiger charge is -2.53. The van der Waals surface area contributed by atoms with E-state index in [2.05, 4.69) is 0 Å². The molecule has 1 saturated carbocycles. The number of fused-ring (bicyclic) bond motifs is 1. The molecule has 0 radical (unpaired) electrons. The number of hydrogen-bond acceptors (Lipinski definition) is 6. The molecule has 0 amide bonds. The second-order valence-corrected chi connectivity index (χ2v) is 8.95. The second kappa shape index (κ2) is 10.9. The Balaban J connectivity index is 1.63. The molecule has 5 rings (SSSR count). The molecule has 1 aliphatic carbocycles. The number of thioether (sulfide) groups is 1. The largest absolute Gasteiger partial charge is 0.368 e. The van der Waals surface area contributed by atoms with Gasteiger partial charge in [0.05, 0.1) is 38.9 Å². The van der Waals surface area contributed by atoms with Crippen molar-refractivity contribution < 1.29 is 42.9 Å². The van der Waals surface area contributed by atoms with Gasteiger partial charge in [0.2, 0.25) is 0 Å². The molecule has 0 bridgehead atoms. The Morgan fingerprint density at radius 3 is 2.15 bits per heavy atom. The number of benzene rings is 2. The molecule has 2 aromatic carbocycles. The Labute approximate surface area is 220 Å². The van der Waals surface area contributed by atoms with E-state index in [9.17, 15) is 0 Å². The minimum Gasteiger partial charge on any atom is -0.368 e. The Morgan fingerprint density at radius 1 is 0.939 bits per heavy atom. The zero-order chi connectivity index (χ0) is 34.8. The average Bonchev–Trinajstić information content (AvgIpc) is 3.02. The van der Waals surface area contributed by atoms with Crippen molar-refractivity contribution in [1.82, 2.24) is 0 Å². The van der Waals surface area contributed by atoms with Crippen LogP contribution >= 0.6 is 11.8 Å². The van der Waals surface area contributed by atoms with Crippen LogP contribution in [-0.2, 0) is 36.8 Å². The molecular formula is C27H34O5S. The summed E-state index contributed by atoms with van der Waals surface area (Å²) in [6.45, 7) is -6.17. The van der Waals surface area contributed by atoms with Crippen molar-refractivity contribution in [1.29, 1.82) is 0 Å². The first-order valence-electron chi connectivity index (χ1n) is 17.9. The summed E-state index contributed by atoms with van der Waals surface area (Å²) in [5.41, 5.74) is -2.70. The highest BCUT2D eigenvalue weighted by molar-refractivity contribution is 7.99. The van der Waals surface area contributed by atoms with Gasteiger partial charge < -0.3 is 23.7 Å². The first kappa shape index (κ1) is 12.0. The van der Waals surface area contributed by atoms with Crippen molar-refractivity contribution >= 4 is 11.8 Å². The van der Waals surface area contributed by atoms with Crippen molar-refractivity contribution in [2.45, 2.75) is 80.9 Å². The minimum atomic E-state index is -3.09. The quantitative estimate of drug-likeness (QED) is 0.530. The molecule has 6 heteroatoms. The molecular weight excluding hydrogens is 436 g/mol. The van der Waals surface area contributed by atoms with E-state index in [0.29, 0.717) is 12.8 Å². The number of hydrogen-bond donors (Lipinski definition) is 0. The summed E-state index contributed by atoms with van der Waals surface area (Å²) in [5, 5.41) is 0. The van der Waals surface area contributed by atoms with Gasteiger partial charge in [-0.15, -0.1) is 11.8 Å². The molecule has 0 unspecified atom stereocenters. The average molecular weight is 485 g/mol. The summed E-state index contributed by atoms with van der Waals surface area (Å²) in [4.78, 5) is 0. The summed E-state index contributed by atoms with van der Waals surface area (Å²) in [7, 11) is 0. The third-order valence-corrected chi connectivity index (χ3v) is 6.74. The Bertz CT molecular complexity index is 1480. The smallest absolute Gasteiger partial charge is 0.169 e. The van der Waals surface area contributed by atoms with Crippen LogP contribution in [0.4, 0.5) is 0 Å². The van der Waals surface area contributed by atoms with E-state index in [1.807, 2.05) is 0 Å². The fourth-order valence-electron chi connectivity index (χ4n) is 4.33. The zero-order valence-corrected chi connectivity index (χ0v) is 18.9. The predicted octanol–water partition coefficient (Wildman–Crippen LogP) is 5.32. The lowest BCUT2D eigenvalue weighted by Crippen LogP contribution is -2.66. The van der Waals surface area contributed by atoms with E-state index < -0.39 is 120 Å². The summed E-state index contributed by atoms with van der Waals surface area (Å²) >= 11 is 1.04. The maximum Gasteiger partial charge on any atom is 0.169 e. The molecule has 2 saturated heterocycles. The molecule has 33 heavy (non-hydrogen) atoms. The molecule has 3 aliphatic rings. The molecule has 2 heterocycles. The highest BCUT2D eigenvalue weighted by Crippen LogP contribution is 2.43. The van der Waals surface area contributed by atoms with Gasteiger partial charge >= 0.3 is 0 Å². The van der Waals surface area contributed by atoms with Gasteiger partial charge in [-0.1, -0.05) is 66.8 Å². The van der Waals surface area contributed by atoms with E-state index in [4.69, 9.17) is 42.9 Å². The Kier molecular flexibility index (Phi) is 3.97. The lowest BCUT2D eigenvalue weighted by molar-refractivity contribution is -0.375. The fourth-order valence-corrected chi connectivity index (χ4v) is 5.06. The first-order chi connectivity index (χ1) is 21.9. The van der Waals surface area contributed by atoms with Gasteiger partial charge in [-0.2, -0.15) is 0 Å². The van der Waals surface area contributed by atoms with Crippen LogP contribution in [0.5, 0.6) is 0 Å². The van der Waals surface area contributed by atoms with Crippen molar-refractivity contribution in [2.24, 2.45) is 0 Å². The van der Waals surface area contributed by atoms with Crippen molar-refractivity contribution in [3.63, 3.8) is 0 Å². The van der Waals surface area contributed by atoms with Crippen LogP contribution in [-0.4, -0.2) is 48.5 Å². The van der Waals surface area contributed by atoms with Crippen LogP contribution in [0, 0.1) is 0 Å². The van der Waals surface area contributed by atoms with E-state index in [0.717, 1.165) is 31.0 Å². The van der Waals surface area contributed by atoms with Crippen molar-refractivity contribution in [3.05, 3.63) is 71.6 Å². The Hall–Kier alpha value is -1.41. The normalized spacial score (nSPS) is 38.2. The van der Waals surface area contributed by atoms with Crippen LogP contribution in [0.3, 0.4) is 0 Å². The van der Waals surface area contributed by atoms with E-state index in [-0.39, 0.29) is 6.61 Å². The van der Waals surface area contributed by atoms with Crippen LogP contribution in [0.25, 0.3) is 0 Å². The minimum absolute atomic E-state index is 0.00195. The molecule has 2 aliphatic heterocycles. The van der Waals surface area contributed by atoms with Crippen LogP contribution in [0.1, 0.15) is 62.4 Å². The third-order valence-electron chi connectivity index (χ3n) is 5.89. The SMILES string of the molecule is [2H]c1c([2H])c([2H])c(C([2H])([2H])O[C@@H]2[C@@H](OC([2H])([2H])c3c([2H])c([2H])c([2H])c([2H])c3[2H])[C@@H](SC)O[C@@H]3COC4(CCCCC4)O[C@@H]23)c([2H])c1[2H]. The van der Waals surface area contributed by atoms with Gasteiger partial charge in [0, 0.05) is 12.8 Å². The topological polar surface area (TPSA) is 46.2 Å². The van der Waals surface area contributed by atoms with Crippen LogP contribution in [0.15, 0.2) is 60.4 Å². The van der Waals surface area contributed by atoms with E-state index >= 15 is 0 Å². The van der Waals surface area contributed by atoms with Crippen molar-refractivity contribution in [2.75, 3.05) is 12.9 Å². The molecule has 1 spiro atoms. The molecule has 178 valence electrons. The zero-order valence-electron chi connectivity index (χ0n) is 32.1. The molecule has 0 aromatic heterocycles. The maximum absolute atomic E-state index is 8.91. The summed E-state index contributed by atoms with van der Waals surface area (Å²) < 4.78 is 148. The van der Waals surface area contributed by atoms with Gasteiger partial charge in [0.25, 0.3) is 0 Å². The summed E-state index contributed by atoms with van der Waals surface area (Å²) in [5.74, 6) is -1.09. The highest BCUT2D eigenvalue weighted by Gasteiger charge is 2.54. The van der Waals surface area contributed by atoms with E-state index in [1.54, 1.807) is 6.26 Å². The maximum atomic E-state index is 8.91. The van der Waals surface area contributed by atoms with Gasteiger partial charge in [-0.3, -0.25) is 0 Å². The molecule has 5 atom stereocenters. The van der Waals surface area contributed by atoms with Gasteiger partial charge in [0.15, 0.2) is 5.79 Å². The third kappa shape index (κ3) is 5.47. The molecule has 0 N–H and O–H groups in total. The number of rotatable bonds is 7. The van der Waals surface area contributed by atoms with Gasteiger partial charge in [0.1, 0.15) is 29.9 Å². The highest BCUT2D eigenvalue weighted by atomic mass is 32.2. The Morgan fingerprint density at radius 2 is 1.55 bits per heavy atom. The van der Waals surface area contributed by atoms with E-state index in [1.165, 1.54) is 0 Å². The lowest BCUT2D eigenvalue weighted by atomic mass is 9.90. The molecule has 5 nitrogen and oxygen atoms in total. The van der Waals surface area contributed by atoms with Gasteiger partial charge in [-0.25, -0.2) is 0 Å². The fraction of sp³-hybridized carbons (Fsp3) is 0.556. The van der Waals surface area contributed by atoms with Crippen LogP contribution in [0.2, 0.25) is 0 Å². The predicted molar refractivity (Wildman–Crippen MR) is 129 cm³/mol. The van der Waals surface area contributed by atoms with Crippen LogP contribution < -0.4 is 0 Å². The summed E-state index contributed by atoms with van der Waals surface area (Å²) in [6.07, 6.45) is -0.126. The number of ether oxygens (including phenoxy) is 5. The first-order valence-corrected chi connectivity index (χ1v) is 12.2. The second-order valence-electron chi connectivity index (χ2n) is 8.01. The van der Waals surface area contributed by atoms with Crippen molar-refractivity contribution in [3.8, 4) is 0 Å². The van der Waals surface area contributed by atoms with Gasteiger partial charge in [-0.05, 0) is 30.2 Å². The molecule has 2 aromatic rings. The monoisotopic (exact) mass is 484 g/mol. The summed E-state index contributed by atoms with van der Waals surface area (Å²) in [6, 6.07) is -7.95. The standard InChI is InChI=1S/C27H34O5S/c1-33-26-25(29-18-21-13-7-3-8-14-21)24(28-17-20-11-5-2-6-12-20)23-22(31-26)19-30-27(32-23)15-9-4-10-16-27/h2-3,5-8,11-14,22-26H,4,9-10,15-19H2,1H3/t22-,23-,24+,25-,26-/m1/s1/i2D,3D,5D,6D,7D,8D,11D,12D,13D,14D,17D2,18D2.